The normalized spacial score (nSPS) is 12.4. The lowest BCUT2D eigenvalue weighted by molar-refractivity contribution is -0.129. The third kappa shape index (κ3) is 4.72. The van der Waals surface area contributed by atoms with Gasteiger partial charge in [0.25, 0.3) is 0 Å². The molecule has 4 nitrogen and oxygen atoms in total. The second-order valence-corrected chi connectivity index (χ2v) is 4.80. The summed E-state index contributed by atoms with van der Waals surface area (Å²) in [5, 5.41) is 5.38. The molecule has 16 heavy (non-hydrogen) atoms. The average Bonchev–Trinajstić information content (AvgIpc) is 2.70. The molecule has 0 aliphatic carbocycles. The number of nitrogens with one attached hydrogen (secondary N) is 1. The zero-order valence-corrected chi connectivity index (χ0v) is 10.9. The van der Waals surface area contributed by atoms with E-state index < -0.39 is 0 Å². The molecule has 1 aromatic heterocycles. The van der Waals surface area contributed by atoms with Gasteiger partial charge in [-0.25, -0.2) is 4.98 Å². The van der Waals surface area contributed by atoms with Gasteiger partial charge in [-0.1, -0.05) is 0 Å². The molecule has 0 aliphatic rings. The molecule has 5 heteroatoms. The third-order valence-electron chi connectivity index (χ3n) is 2.34. The first-order valence-corrected chi connectivity index (χ1v) is 6.34. The second kappa shape index (κ2) is 6.60. The lowest BCUT2D eigenvalue weighted by Crippen LogP contribution is -2.34. The minimum atomic E-state index is 0.161. The molecule has 0 bridgehead atoms. The smallest absolute Gasteiger partial charge is 0.223 e. The first-order valence-electron chi connectivity index (χ1n) is 5.40. The molecule has 1 aromatic rings. The van der Waals surface area contributed by atoms with Gasteiger partial charge in [-0.05, 0) is 6.92 Å². The number of rotatable bonds is 6. The summed E-state index contributed by atoms with van der Waals surface area (Å²) < 4.78 is 0. The van der Waals surface area contributed by atoms with E-state index in [1.165, 1.54) is 0 Å². The molecule has 0 aromatic carbocycles. The Hall–Kier alpha value is -0.940. The van der Waals surface area contributed by atoms with E-state index in [-0.39, 0.29) is 11.9 Å². The van der Waals surface area contributed by atoms with E-state index in [0.717, 1.165) is 18.7 Å². The van der Waals surface area contributed by atoms with Crippen LogP contribution in [-0.2, 0) is 11.2 Å². The van der Waals surface area contributed by atoms with Crippen molar-refractivity contribution < 1.29 is 4.79 Å². The molecular formula is C11H19N3OS. The van der Waals surface area contributed by atoms with Gasteiger partial charge in [0.15, 0.2) is 0 Å². The summed E-state index contributed by atoms with van der Waals surface area (Å²) in [5.74, 6) is 0.161. The minimum absolute atomic E-state index is 0.161. The van der Waals surface area contributed by atoms with Gasteiger partial charge in [0, 0.05) is 44.9 Å². The summed E-state index contributed by atoms with van der Waals surface area (Å²) in [6, 6.07) is 0.216. The molecule has 0 aliphatic heterocycles. The van der Waals surface area contributed by atoms with Gasteiger partial charge in [-0.15, -0.1) is 11.3 Å². The third-order valence-corrected chi connectivity index (χ3v) is 2.97. The summed E-state index contributed by atoms with van der Waals surface area (Å²) in [7, 11) is 3.56. The van der Waals surface area contributed by atoms with Crippen molar-refractivity contribution in [3.8, 4) is 0 Å². The van der Waals surface area contributed by atoms with Crippen LogP contribution < -0.4 is 5.32 Å². The fourth-order valence-corrected chi connectivity index (χ4v) is 1.92. The minimum Gasteiger partial charge on any atom is -0.349 e. The largest absolute Gasteiger partial charge is 0.349 e. The van der Waals surface area contributed by atoms with Crippen LogP contribution in [0.4, 0.5) is 0 Å². The van der Waals surface area contributed by atoms with Crippen LogP contribution >= 0.6 is 11.3 Å². The Morgan fingerprint density at radius 1 is 1.62 bits per heavy atom. The van der Waals surface area contributed by atoms with Gasteiger partial charge in [0.2, 0.25) is 5.91 Å². The van der Waals surface area contributed by atoms with Crippen LogP contribution in [0.3, 0.4) is 0 Å². The summed E-state index contributed by atoms with van der Waals surface area (Å²) in [4.78, 5) is 17.2. The van der Waals surface area contributed by atoms with Gasteiger partial charge in [0.1, 0.15) is 0 Å². The zero-order valence-electron chi connectivity index (χ0n) is 10.1. The number of carbonyl (C=O) groups is 1. The first-order chi connectivity index (χ1) is 7.59. The van der Waals surface area contributed by atoms with Gasteiger partial charge in [-0.3, -0.25) is 4.79 Å². The van der Waals surface area contributed by atoms with E-state index in [1.807, 2.05) is 12.4 Å². The lowest BCUT2D eigenvalue weighted by Gasteiger charge is -2.16. The van der Waals surface area contributed by atoms with Crippen molar-refractivity contribution in [2.45, 2.75) is 25.8 Å². The predicted molar refractivity (Wildman–Crippen MR) is 66.6 cm³/mol. The summed E-state index contributed by atoms with van der Waals surface area (Å²) in [6.07, 6.45) is 1.47. The Morgan fingerprint density at radius 3 is 2.94 bits per heavy atom. The van der Waals surface area contributed by atoms with E-state index in [9.17, 15) is 4.79 Å². The highest BCUT2D eigenvalue weighted by Crippen LogP contribution is 2.01. The average molecular weight is 241 g/mol. The van der Waals surface area contributed by atoms with Crippen LogP contribution in [0, 0.1) is 0 Å². The SMILES string of the molecule is CC(CC(=O)N(C)C)NCCc1cscn1. The van der Waals surface area contributed by atoms with E-state index in [1.54, 1.807) is 30.3 Å². The maximum Gasteiger partial charge on any atom is 0.223 e. The van der Waals surface area contributed by atoms with Crippen LogP contribution in [0.25, 0.3) is 0 Å². The van der Waals surface area contributed by atoms with Crippen molar-refractivity contribution in [3.05, 3.63) is 16.6 Å². The van der Waals surface area contributed by atoms with Gasteiger partial charge in [-0.2, -0.15) is 0 Å². The maximum atomic E-state index is 11.4. The molecule has 0 saturated heterocycles. The number of hydrogen-bond acceptors (Lipinski definition) is 4. The number of nitrogens with zero attached hydrogens (tertiary/aromatic N) is 2. The molecule has 1 N–H and O–H groups in total. The maximum absolute atomic E-state index is 11.4. The van der Waals surface area contributed by atoms with Crippen molar-refractivity contribution >= 4 is 17.2 Å². The van der Waals surface area contributed by atoms with Gasteiger partial charge < -0.3 is 10.2 Å². The summed E-state index contributed by atoms with van der Waals surface area (Å²) >= 11 is 1.61. The van der Waals surface area contributed by atoms with Crippen molar-refractivity contribution in [3.63, 3.8) is 0 Å². The van der Waals surface area contributed by atoms with E-state index in [0.29, 0.717) is 6.42 Å². The Kier molecular flexibility index (Phi) is 5.42. The van der Waals surface area contributed by atoms with E-state index in [4.69, 9.17) is 0 Å². The summed E-state index contributed by atoms with van der Waals surface area (Å²) in [6.45, 7) is 2.90. The molecule has 1 atom stereocenters. The van der Waals surface area contributed by atoms with Crippen LogP contribution in [0.15, 0.2) is 10.9 Å². The molecule has 0 spiro atoms. The molecule has 90 valence electrons. The highest BCUT2D eigenvalue weighted by molar-refractivity contribution is 7.07. The Morgan fingerprint density at radius 2 is 2.38 bits per heavy atom. The van der Waals surface area contributed by atoms with Gasteiger partial charge >= 0.3 is 0 Å². The van der Waals surface area contributed by atoms with Crippen LogP contribution in [0.5, 0.6) is 0 Å². The zero-order chi connectivity index (χ0) is 12.0. The number of thiazole rings is 1. The molecular weight excluding hydrogens is 222 g/mol. The molecule has 0 fully saturated rings. The standard InChI is InChI=1S/C11H19N3OS/c1-9(6-11(15)14(2)3)12-5-4-10-7-16-8-13-10/h7-9,12H,4-6H2,1-3H3. The number of amides is 1. The second-order valence-electron chi connectivity index (χ2n) is 4.08. The van der Waals surface area contributed by atoms with Crippen LogP contribution in [-0.4, -0.2) is 42.5 Å². The van der Waals surface area contributed by atoms with Crippen molar-refractivity contribution in [2.75, 3.05) is 20.6 Å². The van der Waals surface area contributed by atoms with E-state index >= 15 is 0 Å². The molecule has 0 radical (unpaired) electrons. The predicted octanol–water partition coefficient (Wildman–Crippen LogP) is 1.14. The first kappa shape index (κ1) is 13.1. The lowest BCUT2D eigenvalue weighted by atomic mass is 10.2. The molecule has 1 heterocycles. The van der Waals surface area contributed by atoms with E-state index in [2.05, 4.69) is 15.7 Å². The molecule has 1 amide bonds. The Labute approximate surface area is 101 Å². The number of aromatic nitrogens is 1. The molecule has 0 saturated carbocycles. The molecule has 1 rings (SSSR count). The Balaban J connectivity index is 2.15. The fraction of sp³-hybridized carbons (Fsp3) is 0.636. The van der Waals surface area contributed by atoms with Gasteiger partial charge in [0.05, 0.1) is 11.2 Å². The number of carbonyl (C=O) groups excluding carboxylic acids is 1. The number of hydrogen-bond donors (Lipinski definition) is 1. The van der Waals surface area contributed by atoms with Crippen molar-refractivity contribution in [1.82, 2.24) is 15.2 Å². The summed E-state index contributed by atoms with van der Waals surface area (Å²) in [5.41, 5.74) is 2.96. The van der Waals surface area contributed by atoms with Crippen molar-refractivity contribution in [2.24, 2.45) is 0 Å². The van der Waals surface area contributed by atoms with Crippen LogP contribution in [0.2, 0.25) is 0 Å². The highest BCUT2D eigenvalue weighted by Gasteiger charge is 2.09. The fourth-order valence-electron chi connectivity index (χ4n) is 1.32. The topological polar surface area (TPSA) is 45.2 Å². The highest BCUT2D eigenvalue weighted by atomic mass is 32.1. The van der Waals surface area contributed by atoms with Crippen LogP contribution in [0.1, 0.15) is 19.0 Å². The molecule has 1 unspecified atom stereocenters. The quantitative estimate of drug-likeness (QED) is 0.812. The Bertz CT molecular complexity index is 311. The monoisotopic (exact) mass is 241 g/mol. The van der Waals surface area contributed by atoms with Crippen molar-refractivity contribution in [1.29, 1.82) is 0 Å².